The molecule has 92 valence electrons. The normalized spacial score (nSPS) is 27.5. The van der Waals surface area contributed by atoms with Gasteiger partial charge in [0.1, 0.15) is 5.72 Å². The molecule has 2 N–H and O–H groups in total. The number of carbonyl (C=O) groups is 1. The Morgan fingerprint density at radius 2 is 2.31 bits per heavy atom. The summed E-state index contributed by atoms with van der Waals surface area (Å²) in [4.78, 5) is 12.4. The summed E-state index contributed by atoms with van der Waals surface area (Å²) in [7, 11) is 0. The molecule has 1 aliphatic heterocycles. The standard InChI is InChI=1S/C11H19NO4/c1-5-6-11(4,15)8-7-16-10(2,3)12(8)9(13)14/h5,8,15H,1,6-7H2,2-4H3,(H,13,14)/t8-,11+/m0/s1. The Morgan fingerprint density at radius 1 is 1.75 bits per heavy atom. The van der Waals surface area contributed by atoms with E-state index in [1.54, 1.807) is 26.8 Å². The van der Waals surface area contributed by atoms with Gasteiger partial charge in [0.15, 0.2) is 0 Å². The van der Waals surface area contributed by atoms with Crippen molar-refractivity contribution in [2.24, 2.45) is 0 Å². The second kappa shape index (κ2) is 4.07. The lowest BCUT2D eigenvalue weighted by Gasteiger charge is -2.37. The molecule has 1 amide bonds. The molecule has 0 aromatic heterocycles. The Morgan fingerprint density at radius 3 is 2.75 bits per heavy atom. The Labute approximate surface area is 95.3 Å². The van der Waals surface area contributed by atoms with Crippen molar-refractivity contribution in [2.45, 2.75) is 44.6 Å². The van der Waals surface area contributed by atoms with Crippen LogP contribution in [0.15, 0.2) is 12.7 Å². The highest BCUT2D eigenvalue weighted by molar-refractivity contribution is 5.67. The number of hydrogen-bond acceptors (Lipinski definition) is 3. The summed E-state index contributed by atoms with van der Waals surface area (Å²) >= 11 is 0. The zero-order valence-corrected chi connectivity index (χ0v) is 9.93. The number of carboxylic acid groups (broad SMARTS) is 1. The minimum Gasteiger partial charge on any atom is -0.465 e. The number of rotatable bonds is 3. The first-order chi connectivity index (χ1) is 7.22. The van der Waals surface area contributed by atoms with Crippen LogP contribution in [0.2, 0.25) is 0 Å². The molecule has 1 aliphatic rings. The second-order valence-corrected chi connectivity index (χ2v) is 4.78. The topological polar surface area (TPSA) is 70.0 Å². The van der Waals surface area contributed by atoms with Crippen molar-refractivity contribution in [1.29, 1.82) is 0 Å². The van der Waals surface area contributed by atoms with E-state index in [2.05, 4.69) is 6.58 Å². The number of ether oxygens (including phenoxy) is 1. The molecule has 0 bridgehead atoms. The van der Waals surface area contributed by atoms with E-state index in [1.165, 1.54) is 0 Å². The van der Waals surface area contributed by atoms with Crippen LogP contribution in [0.5, 0.6) is 0 Å². The third kappa shape index (κ3) is 2.20. The lowest BCUT2D eigenvalue weighted by molar-refractivity contribution is -0.0578. The van der Waals surface area contributed by atoms with Gasteiger partial charge < -0.3 is 14.9 Å². The Bertz CT molecular complexity index is 298. The van der Waals surface area contributed by atoms with Gasteiger partial charge in [0.05, 0.1) is 18.2 Å². The molecular formula is C11H19NO4. The van der Waals surface area contributed by atoms with Crippen molar-refractivity contribution in [1.82, 2.24) is 4.90 Å². The van der Waals surface area contributed by atoms with Gasteiger partial charge in [0.25, 0.3) is 0 Å². The van der Waals surface area contributed by atoms with Crippen LogP contribution in [0.25, 0.3) is 0 Å². The van der Waals surface area contributed by atoms with Gasteiger partial charge in [-0.1, -0.05) is 6.08 Å². The number of nitrogens with zero attached hydrogens (tertiary/aromatic N) is 1. The van der Waals surface area contributed by atoms with Crippen LogP contribution in [0.1, 0.15) is 27.2 Å². The summed E-state index contributed by atoms with van der Waals surface area (Å²) in [5, 5.41) is 19.4. The first-order valence-electron chi connectivity index (χ1n) is 5.22. The van der Waals surface area contributed by atoms with E-state index in [-0.39, 0.29) is 6.61 Å². The van der Waals surface area contributed by atoms with Gasteiger partial charge in [-0.25, -0.2) is 4.79 Å². The Hall–Kier alpha value is -1.07. The van der Waals surface area contributed by atoms with Crippen molar-refractivity contribution in [3.8, 4) is 0 Å². The SMILES string of the molecule is C=CC[C@@](C)(O)[C@@H]1COC(C)(C)N1C(=O)O. The van der Waals surface area contributed by atoms with Crippen molar-refractivity contribution in [3.05, 3.63) is 12.7 Å². The third-order valence-electron chi connectivity index (χ3n) is 2.97. The predicted molar refractivity (Wildman–Crippen MR) is 59.1 cm³/mol. The van der Waals surface area contributed by atoms with Crippen LogP contribution in [0.4, 0.5) is 4.79 Å². The fraction of sp³-hybridized carbons (Fsp3) is 0.727. The van der Waals surface area contributed by atoms with E-state index < -0.39 is 23.5 Å². The minimum absolute atomic E-state index is 0.195. The van der Waals surface area contributed by atoms with Gasteiger partial charge in [-0.15, -0.1) is 6.58 Å². The molecule has 1 saturated heterocycles. The van der Waals surface area contributed by atoms with E-state index in [9.17, 15) is 9.90 Å². The minimum atomic E-state index is -1.16. The van der Waals surface area contributed by atoms with Crippen LogP contribution >= 0.6 is 0 Å². The number of aliphatic hydroxyl groups is 1. The largest absolute Gasteiger partial charge is 0.465 e. The maximum atomic E-state index is 11.2. The summed E-state index contributed by atoms with van der Waals surface area (Å²) in [6.45, 7) is 8.69. The zero-order chi connectivity index (χ0) is 12.6. The highest BCUT2D eigenvalue weighted by Gasteiger charge is 2.50. The van der Waals surface area contributed by atoms with Gasteiger partial charge in [0.2, 0.25) is 0 Å². The molecule has 5 nitrogen and oxygen atoms in total. The van der Waals surface area contributed by atoms with Gasteiger partial charge >= 0.3 is 6.09 Å². The molecule has 0 unspecified atom stereocenters. The smallest absolute Gasteiger partial charge is 0.410 e. The molecule has 1 rings (SSSR count). The van der Waals surface area contributed by atoms with E-state index >= 15 is 0 Å². The molecule has 0 saturated carbocycles. The van der Waals surface area contributed by atoms with Gasteiger partial charge in [-0.2, -0.15) is 0 Å². The fourth-order valence-corrected chi connectivity index (χ4v) is 2.05. The summed E-state index contributed by atoms with van der Waals surface area (Å²) < 4.78 is 5.41. The summed E-state index contributed by atoms with van der Waals surface area (Å²) in [6, 6.07) is -0.571. The van der Waals surface area contributed by atoms with Gasteiger partial charge in [0, 0.05) is 0 Å². The molecule has 0 aromatic rings. The van der Waals surface area contributed by atoms with Crippen LogP contribution in [0.3, 0.4) is 0 Å². The second-order valence-electron chi connectivity index (χ2n) is 4.78. The number of amides is 1. The maximum Gasteiger partial charge on any atom is 0.410 e. The molecule has 2 atom stereocenters. The van der Waals surface area contributed by atoms with E-state index in [0.717, 1.165) is 4.90 Å². The molecule has 0 aromatic carbocycles. The first kappa shape index (κ1) is 13.0. The summed E-state index contributed by atoms with van der Waals surface area (Å²) in [5.41, 5.74) is -2.06. The highest BCUT2D eigenvalue weighted by atomic mass is 16.5. The average molecular weight is 229 g/mol. The predicted octanol–water partition coefficient (Wildman–Crippen LogP) is 1.43. The summed E-state index contributed by atoms with van der Waals surface area (Å²) in [5.74, 6) is 0. The van der Waals surface area contributed by atoms with E-state index in [0.29, 0.717) is 6.42 Å². The third-order valence-corrected chi connectivity index (χ3v) is 2.97. The molecule has 1 heterocycles. The molecule has 5 heteroatoms. The summed E-state index contributed by atoms with van der Waals surface area (Å²) in [6.07, 6.45) is 0.809. The molecule has 0 radical (unpaired) electrons. The first-order valence-corrected chi connectivity index (χ1v) is 5.22. The van der Waals surface area contributed by atoms with Gasteiger partial charge in [-0.3, -0.25) is 4.90 Å². The van der Waals surface area contributed by atoms with Gasteiger partial charge in [-0.05, 0) is 27.2 Å². The quantitative estimate of drug-likeness (QED) is 0.718. The van der Waals surface area contributed by atoms with Crippen molar-refractivity contribution >= 4 is 6.09 Å². The lowest BCUT2D eigenvalue weighted by Crippen LogP contribution is -2.55. The molecule has 0 aliphatic carbocycles. The maximum absolute atomic E-state index is 11.2. The Balaban J connectivity index is 2.97. The Kier molecular flexibility index (Phi) is 3.30. The van der Waals surface area contributed by atoms with Crippen molar-refractivity contribution in [3.63, 3.8) is 0 Å². The zero-order valence-electron chi connectivity index (χ0n) is 9.93. The van der Waals surface area contributed by atoms with Crippen molar-refractivity contribution < 1.29 is 19.7 Å². The van der Waals surface area contributed by atoms with Crippen molar-refractivity contribution in [2.75, 3.05) is 6.61 Å². The molecule has 16 heavy (non-hydrogen) atoms. The molecular weight excluding hydrogens is 210 g/mol. The van der Waals surface area contributed by atoms with E-state index in [4.69, 9.17) is 9.84 Å². The van der Waals surface area contributed by atoms with Crippen LogP contribution in [0, 0.1) is 0 Å². The van der Waals surface area contributed by atoms with E-state index in [1.807, 2.05) is 0 Å². The fourth-order valence-electron chi connectivity index (χ4n) is 2.05. The molecule has 1 fully saturated rings. The molecule has 0 spiro atoms. The number of hydrogen-bond donors (Lipinski definition) is 2. The van der Waals surface area contributed by atoms with Crippen LogP contribution in [-0.4, -0.2) is 45.2 Å². The monoisotopic (exact) mass is 229 g/mol. The average Bonchev–Trinajstić information content (AvgIpc) is 2.41. The van der Waals surface area contributed by atoms with Crippen LogP contribution in [-0.2, 0) is 4.74 Å². The van der Waals surface area contributed by atoms with Crippen LogP contribution < -0.4 is 0 Å². The highest BCUT2D eigenvalue weighted by Crippen LogP contribution is 2.34. The lowest BCUT2D eigenvalue weighted by atomic mass is 9.92.